The lowest BCUT2D eigenvalue weighted by atomic mass is 10.2. The van der Waals surface area contributed by atoms with E-state index in [2.05, 4.69) is 4.99 Å². The highest BCUT2D eigenvalue weighted by Gasteiger charge is 2.16. The first-order chi connectivity index (χ1) is 13.5. The van der Waals surface area contributed by atoms with Gasteiger partial charge < -0.3 is 9.64 Å². The van der Waals surface area contributed by atoms with E-state index in [0.717, 1.165) is 17.0 Å². The van der Waals surface area contributed by atoms with Crippen molar-refractivity contribution < 1.29 is 9.66 Å². The van der Waals surface area contributed by atoms with Crippen molar-refractivity contribution in [2.75, 3.05) is 18.7 Å². The number of aromatic nitrogens is 1. The van der Waals surface area contributed by atoms with Crippen LogP contribution in [0.25, 0.3) is 6.08 Å². The molecule has 4 rings (SSSR count). The van der Waals surface area contributed by atoms with Crippen molar-refractivity contribution in [2.24, 2.45) is 4.99 Å². The second kappa shape index (κ2) is 7.28. The molecule has 0 spiro atoms. The molecule has 2 heterocycles. The van der Waals surface area contributed by atoms with E-state index in [-0.39, 0.29) is 11.2 Å². The number of hydrogen-bond donors (Lipinski definition) is 0. The van der Waals surface area contributed by atoms with E-state index in [0.29, 0.717) is 22.7 Å². The summed E-state index contributed by atoms with van der Waals surface area (Å²) in [6.07, 6.45) is 1.84. The van der Waals surface area contributed by atoms with E-state index >= 15 is 0 Å². The van der Waals surface area contributed by atoms with Crippen molar-refractivity contribution in [2.45, 2.75) is 6.67 Å². The van der Waals surface area contributed by atoms with Gasteiger partial charge in [0.25, 0.3) is 11.2 Å². The summed E-state index contributed by atoms with van der Waals surface area (Å²) in [5, 5.41) is 10.8. The van der Waals surface area contributed by atoms with Crippen LogP contribution in [-0.4, -0.2) is 23.3 Å². The van der Waals surface area contributed by atoms with E-state index < -0.39 is 4.92 Å². The maximum Gasteiger partial charge on any atom is 0.271 e. The normalized spacial score (nSPS) is 13.8. The van der Waals surface area contributed by atoms with Crippen molar-refractivity contribution in [1.29, 1.82) is 0 Å². The number of methoxy groups -OCH3 is 1. The van der Waals surface area contributed by atoms with E-state index in [4.69, 9.17) is 4.74 Å². The largest absolute Gasteiger partial charge is 0.497 e. The Balaban J connectivity index is 1.63. The molecule has 0 bridgehead atoms. The van der Waals surface area contributed by atoms with Crippen LogP contribution in [0.2, 0.25) is 0 Å². The molecule has 0 N–H and O–H groups in total. The molecule has 0 saturated heterocycles. The third kappa shape index (κ3) is 3.39. The zero-order chi connectivity index (χ0) is 19.7. The van der Waals surface area contributed by atoms with Crippen molar-refractivity contribution in [3.05, 3.63) is 83.9 Å². The Labute approximate surface area is 163 Å². The molecular formula is C19H16N4O4S. The molecule has 0 atom stereocenters. The van der Waals surface area contributed by atoms with Crippen molar-refractivity contribution in [3.63, 3.8) is 0 Å². The fraction of sp³-hybridized carbons (Fsp3) is 0.158. The second-order valence-electron chi connectivity index (χ2n) is 6.15. The number of hydrogen-bond acceptors (Lipinski definition) is 7. The molecule has 2 aromatic carbocycles. The monoisotopic (exact) mass is 396 g/mol. The summed E-state index contributed by atoms with van der Waals surface area (Å²) in [5.41, 5.74) is 1.61. The number of fused-ring (bicyclic) bond motifs is 1. The Morgan fingerprint density at radius 3 is 2.54 bits per heavy atom. The van der Waals surface area contributed by atoms with E-state index in [1.807, 2.05) is 35.2 Å². The van der Waals surface area contributed by atoms with Crippen LogP contribution in [0, 0.1) is 10.1 Å². The first kappa shape index (κ1) is 17.9. The summed E-state index contributed by atoms with van der Waals surface area (Å²) in [7, 11) is 1.61. The van der Waals surface area contributed by atoms with Gasteiger partial charge in [0, 0.05) is 17.8 Å². The molecule has 1 aliphatic rings. The molecule has 28 heavy (non-hydrogen) atoms. The van der Waals surface area contributed by atoms with Gasteiger partial charge in [-0.15, -0.1) is 0 Å². The molecule has 0 fully saturated rings. The predicted octanol–water partition coefficient (Wildman–Crippen LogP) is 1.71. The van der Waals surface area contributed by atoms with Gasteiger partial charge in [-0.25, -0.2) is 4.99 Å². The molecule has 8 nitrogen and oxygen atoms in total. The number of benzene rings is 2. The summed E-state index contributed by atoms with van der Waals surface area (Å²) in [6.45, 7) is 0.738. The summed E-state index contributed by atoms with van der Waals surface area (Å²) >= 11 is 1.35. The van der Waals surface area contributed by atoms with Gasteiger partial charge in [-0.3, -0.25) is 19.5 Å². The molecular weight excluding hydrogens is 380 g/mol. The second-order valence-corrected chi connectivity index (χ2v) is 7.16. The average Bonchev–Trinajstić information content (AvgIpc) is 3.03. The SMILES string of the molecule is COc1ccc(/C=c2/sc3n(c2=O)CN(c2ccc([N+](=O)[O-])cc2)CN=3)cc1. The average molecular weight is 396 g/mol. The Hall–Kier alpha value is -3.46. The molecule has 0 saturated carbocycles. The Morgan fingerprint density at radius 1 is 1.18 bits per heavy atom. The van der Waals surface area contributed by atoms with E-state index in [1.165, 1.54) is 23.5 Å². The zero-order valence-electron chi connectivity index (χ0n) is 14.9. The number of non-ortho nitro benzene ring substituents is 1. The number of nitro groups is 1. The molecule has 0 aliphatic carbocycles. The summed E-state index contributed by atoms with van der Waals surface area (Å²) in [5.74, 6) is 0.757. The van der Waals surface area contributed by atoms with E-state index in [1.54, 1.807) is 23.8 Å². The minimum absolute atomic E-state index is 0.0301. The summed E-state index contributed by atoms with van der Waals surface area (Å²) < 4.78 is 7.37. The van der Waals surface area contributed by atoms with Crippen LogP contribution in [0.5, 0.6) is 5.75 Å². The molecule has 0 amide bonds. The van der Waals surface area contributed by atoms with Gasteiger partial charge in [-0.05, 0) is 35.9 Å². The first-order valence-corrected chi connectivity index (χ1v) is 9.26. The molecule has 3 aromatic rings. The van der Waals surface area contributed by atoms with Crippen LogP contribution in [0.15, 0.2) is 58.3 Å². The first-order valence-electron chi connectivity index (χ1n) is 8.44. The van der Waals surface area contributed by atoms with Crippen molar-refractivity contribution in [1.82, 2.24) is 4.57 Å². The molecule has 9 heteroatoms. The minimum atomic E-state index is -0.437. The summed E-state index contributed by atoms with van der Waals surface area (Å²) in [4.78, 5) is 30.2. The number of nitro benzene ring substituents is 1. The Morgan fingerprint density at radius 2 is 1.89 bits per heavy atom. The lowest BCUT2D eigenvalue weighted by Gasteiger charge is -2.25. The lowest BCUT2D eigenvalue weighted by Crippen LogP contribution is -2.42. The van der Waals surface area contributed by atoms with Gasteiger partial charge in [0.2, 0.25) is 0 Å². The topological polar surface area (TPSA) is 90.0 Å². The Bertz CT molecular complexity index is 1200. The number of rotatable bonds is 4. The molecule has 1 aliphatic heterocycles. The van der Waals surface area contributed by atoms with Crippen molar-refractivity contribution >= 4 is 28.8 Å². The fourth-order valence-corrected chi connectivity index (χ4v) is 3.87. The number of ether oxygens (including phenoxy) is 1. The van der Waals surface area contributed by atoms with Gasteiger partial charge in [0.1, 0.15) is 19.1 Å². The minimum Gasteiger partial charge on any atom is -0.497 e. The number of nitrogens with zero attached hydrogens (tertiary/aromatic N) is 4. The Kier molecular flexibility index (Phi) is 4.66. The molecule has 0 unspecified atom stereocenters. The van der Waals surface area contributed by atoms with Gasteiger partial charge in [-0.2, -0.15) is 0 Å². The lowest BCUT2D eigenvalue weighted by molar-refractivity contribution is -0.384. The fourth-order valence-electron chi connectivity index (χ4n) is 2.91. The van der Waals surface area contributed by atoms with Gasteiger partial charge in [0.15, 0.2) is 4.80 Å². The third-order valence-electron chi connectivity index (χ3n) is 4.42. The molecule has 142 valence electrons. The van der Waals surface area contributed by atoms with Crippen molar-refractivity contribution in [3.8, 4) is 5.75 Å². The highest BCUT2D eigenvalue weighted by Crippen LogP contribution is 2.20. The predicted molar refractivity (Wildman–Crippen MR) is 106 cm³/mol. The van der Waals surface area contributed by atoms with E-state index in [9.17, 15) is 14.9 Å². The van der Waals surface area contributed by atoms with Gasteiger partial charge in [-0.1, -0.05) is 23.5 Å². The van der Waals surface area contributed by atoms with Crippen LogP contribution in [0.3, 0.4) is 0 Å². The zero-order valence-corrected chi connectivity index (χ0v) is 15.8. The van der Waals surface area contributed by atoms with Crippen LogP contribution < -0.4 is 24.5 Å². The van der Waals surface area contributed by atoms with Crippen LogP contribution in [0.1, 0.15) is 5.56 Å². The highest BCUT2D eigenvalue weighted by atomic mass is 32.1. The van der Waals surface area contributed by atoms with Crippen LogP contribution in [0.4, 0.5) is 11.4 Å². The smallest absolute Gasteiger partial charge is 0.271 e. The third-order valence-corrected chi connectivity index (χ3v) is 5.46. The van der Waals surface area contributed by atoms with Crippen LogP contribution >= 0.6 is 11.3 Å². The van der Waals surface area contributed by atoms with Gasteiger partial charge in [0.05, 0.1) is 16.6 Å². The van der Waals surface area contributed by atoms with Crippen LogP contribution in [-0.2, 0) is 6.67 Å². The molecule has 0 radical (unpaired) electrons. The standard InChI is InChI=1S/C19H16N4O4S/c1-27-16-8-2-13(3-9-16)10-17-18(24)22-12-21(11-20-19(22)28-17)14-4-6-15(7-5-14)23(25)26/h2-10H,11-12H2,1H3/b17-10+. The quantitative estimate of drug-likeness (QED) is 0.495. The maximum absolute atomic E-state index is 12.8. The molecule has 1 aromatic heterocycles. The highest BCUT2D eigenvalue weighted by molar-refractivity contribution is 7.07. The number of anilines is 1. The van der Waals surface area contributed by atoms with Gasteiger partial charge >= 0.3 is 0 Å². The maximum atomic E-state index is 12.8. The summed E-state index contributed by atoms with van der Waals surface area (Å²) in [6, 6.07) is 13.7. The number of thiazole rings is 1.